The van der Waals surface area contributed by atoms with Crippen LogP contribution in [0.25, 0.3) is 0 Å². The Bertz CT molecular complexity index is 389. The molecule has 0 radical (unpaired) electrons. The van der Waals surface area contributed by atoms with Gasteiger partial charge in [-0.25, -0.2) is 0 Å². The predicted molar refractivity (Wildman–Crippen MR) is 53.0 cm³/mol. The Balaban J connectivity index is 2.87. The minimum Gasteiger partial charge on any atom is -0.508 e. The van der Waals surface area contributed by atoms with E-state index in [2.05, 4.69) is 0 Å². The number of phenolic OH excluding ortho intramolecular Hbond substituents is 2. The van der Waals surface area contributed by atoms with Crippen LogP contribution in [0.1, 0.15) is 18.1 Å². The van der Waals surface area contributed by atoms with E-state index in [0.29, 0.717) is 0 Å². The third kappa shape index (κ3) is 2.85. The molecule has 1 aromatic rings. The summed E-state index contributed by atoms with van der Waals surface area (Å²) < 4.78 is 0. The summed E-state index contributed by atoms with van der Waals surface area (Å²) in [4.78, 5) is 10.3. The molecular formula is C10H12O6. The van der Waals surface area contributed by atoms with Gasteiger partial charge in [0.05, 0.1) is 12.5 Å². The van der Waals surface area contributed by atoms with E-state index < -0.39 is 30.3 Å². The fraction of sp³-hybridized carbons (Fsp3) is 0.300. The molecule has 2 atom stereocenters. The molecule has 0 aliphatic heterocycles. The molecule has 88 valence electrons. The first kappa shape index (κ1) is 12.3. The van der Waals surface area contributed by atoms with E-state index in [0.717, 1.165) is 6.07 Å². The minimum atomic E-state index is -1.52. The van der Waals surface area contributed by atoms with Gasteiger partial charge in [0, 0.05) is 11.6 Å². The normalized spacial score (nSPS) is 14.4. The first-order chi connectivity index (χ1) is 7.41. The van der Waals surface area contributed by atoms with E-state index in [4.69, 9.17) is 10.2 Å². The van der Waals surface area contributed by atoms with E-state index in [1.807, 2.05) is 0 Å². The van der Waals surface area contributed by atoms with Crippen LogP contribution in [0.4, 0.5) is 0 Å². The summed E-state index contributed by atoms with van der Waals surface area (Å²) in [6.07, 6.45) is -3.67. The molecule has 1 aromatic carbocycles. The van der Waals surface area contributed by atoms with Gasteiger partial charge in [-0.3, -0.25) is 4.79 Å². The number of aromatic hydroxyl groups is 2. The van der Waals surface area contributed by atoms with Gasteiger partial charge in [0.1, 0.15) is 17.6 Å². The summed E-state index contributed by atoms with van der Waals surface area (Å²) in [6.45, 7) is 0. The number of carbonyl (C=O) groups is 1. The van der Waals surface area contributed by atoms with Crippen molar-refractivity contribution in [2.24, 2.45) is 0 Å². The summed E-state index contributed by atoms with van der Waals surface area (Å²) in [5.74, 6) is -1.86. The molecule has 0 aromatic heterocycles. The van der Waals surface area contributed by atoms with E-state index in [9.17, 15) is 20.1 Å². The molecule has 0 spiro atoms. The number of aliphatic carboxylic acids is 1. The van der Waals surface area contributed by atoms with Gasteiger partial charge in [-0.2, -0.15) is 0 Å². The highest BCUT2D eigenvalue weighted by atomic mass is 16.4. The zero-order valence-corrected chi connectivity index (χ0v) is 8.24. The Kier molecular flexibility index (Phi) is 3.70. The number of carboxylic acid groups (broad SMARTS) is 1. The van der Waals surface area contributed by atoms with Gasteiger partial charge in [-0.15, -0.1) is 0 Å². The Morgan fingerprint density at radius 2 is 1.88 bits per heavy atom. The molecule has 6 heteroatoms. The standard InChI is InChI=1S/C10H12O6/c11-5-1-2-6(7(12)3-5)10(16)8(13)4-9(14)15/h1-3,8,10-13,16H,4H2,(H,14,15). The van der Waals surface area contributed by atoms with Crippen molar-refractivity contribution in [1.29, 1.82) is 0 Å². The molecule has 0 heterocycles. The smallest absolute Gasteiger partial charge is 0.306 e. The monoisotopic (exact) mass is 228 g/mol. The van der Waals surface area contributed by atoms with Crippen LogP contribution in [-0.2, 0) is 4.79 Å². The highest BCUT2D eigenvalue weighted by molar-refractivity contribution is 5.67. The summed E-state index contributed by atoms with van der Waals surface area (Å²) >= 11 is 0. The van der Waals surface area contributed by atoms with Crippen LogP contribution in [0.2, 0.25) is 0 Å². The molecule has 5 N–H and O–H groups in total. The molecule has 0 saturated heterocycles. The van der Waals surface area contributed by atoms with Crippen molar-refractivity contribution >= 4 is 5.97 Å². The number of aliphatic hydroxyl groups excluding tert-OH is 2. The van der Waals surface area contributed by atoms with E-state index >= 15 is 0 Å². The van der Waals surface area contributed by atoms with Crippen LogP contribution in [0.3, 0.4) is 0 Å². The van der Waals surface area contributed by atoms with E-state index in [1.165, 1.54) is 12.1 Å². The zero-order valence-electron chi connectivity index (χ0n) is 8.24. The quantitative estimate of drug-likeness (QED) is 0.493. The average Bonchev–Trinajstić information content (AvgIpc) is 2.15. The van der Waals surface area contributed by atoms with Gasteiger partial charge in [-0.05, 0) is 12.1 Å². The number of aliphatic hydroxyl groups is 2. The number of hydrogen-bond acceptors (Lipinski definition) is 5. The first-order valence-electron chi connectivity index (χ1n) is 4.51. The Morgan fingerprint density at radius 3 is 2.38 bits per heavy atom. The maximum Gasteiger partial charge on any atom is 0.306 e. The van der Waals surface area contributed by atoms with Crippen LogP contribution >= 0.6 is 0 Å². The summed E-state index contributed by atoms with van der Waals surface area (Å²) in [7, 11) is 0. The fourth-order valence-electron chi connectivity index (χ4n) is 1.28. The van der Waals surface area contributed by atoms with Crippen LogP contribution < -0.4 is 0 Å². The molecule has 1 rings (SSSR count). The Labute approximate surface area is 91.0 Å². The average molecular weight is 228 g/mol. The van der Waals surface area contributed by atoms with Gasteiger partial charge in [0.2, 0.25) is 0 Å². The number of benzene rings is 1. The minimum absolute atomic E-state index is 0.0356. The van der Waals surface area contributed by atoms with Crippen LogP contribution in [0, 0.1) is 0 Å². The lowest BCUT2D eigenvalue weighted by Crippen LogP contribution is -2.21. The highest BCUT2D eigenvalue weighted by Gasteiger charge is 2.23. The third-order valence-corrected chi connectivity index (χ3v) is 2.08. The van der Waals surface area contributed by atoms with Crippen LogP contribution in [0.15, 0.2) is 18.2 Å². The van der Waals surface area contributed by atoms with Gasteiger partial charge in [-0.1, -0.05) is 0 Å². The van der Waals surface area contributed by atoms with E-state index in [-0.39, 0.29) is 11.3 Å². The maximum atomic E-state index is 10.3. The molecule has 0 fully saturated rings. The largest absolute Gasteiger partial charge is 0.508 e. The summed E-state index contributed by atoms with van der Waals surface area (Å²) in [5, 5.41) is 45.7. The number of hydrogen-bond donors (Lipinski definition) is 5. The molecular weight excluding hydrogens is 216 g/mol. The second-order valence-corrected chi connectivity index (χ2v) is 3.35. The van der Waals surface area contributed by atoms with Crippen molar-refractivity contribution < 1.29 is 30.3 Å². The molecule has 0 amide bonds. The van der Waals surface area contributed by atoms with Crippen molar-refractivity contribution in [1.82, 2.24) is 0 Å². The van der Waals surface area contributed by atoms with Gasteiger partial charge >= 0.3 is 5.97 Å². The topological polar surface area (TPSA) is 118 Å². The lowest BCUT2D eigenvalue weighted by atomic mass is 10.0. The lowest BCUT2D eigenvalue weighted by Gasteiger charge is -2.17. The van der Waals surface area contributed by atoms with Gasteiger partial charge in [0.15, 0.2) is 0 Å². The molecule has 16 heavy (non-hydrogen) atoms. The zero-order chi connectivity index (χ0) is 12.3. The molecule has 0 aliphatic rings. The van der Waals surface area contributed by atoms with Crippen LogP contribution in [-0.4, -0.2) is 37.6 Å². The third-order valence-electron chi connectivity index (χ3n) is 2.08. The predicted octanol–water partition coefficient (Wildman–Crippen LogP) is -0.0332. The SMILES string of the molecule is O=C(O)CC(O)C(O)c1ccc(O)cc1O. The van der Waals surface area contributed by atoms with Crippen molar-refractivity contribution in [3.05, 3.63) is 23.8 Å². The van der Waals surface area contributed by atoms with Crippen molar-refractivity contribution in [2.45, 2.75) is 18.6 Å². The lowest BCUT2D eigenvalue weighted by molar-refractivity contribution is -0.141. The molecule has 6 nitrogen and oxygen atoms in total. The Hall–Kier alpha value is -1.79. The number of carboxylic acids is 1. The maximum absolute atomic E-state index is 10.3. The molecule has 2 unspecified atom stereocenters. The number of rotatable bonds is 4. The van der Waals surface area contributed by atoms with Crippen molar-refractivity contribution in [3.8, 4) is 11.5 Å². The second kappa shape index (κ2) is 4.82. The highest BCUT2D eigenvalue weighted by Crippen LogP contribution is 2.30. The van der Waals surface area contributed by atoms with E-state index in [1.54, 1.807) is 0 Å². The molecule has 0 saturated carbocycles. The molecule has 0 aliphatic carbocycles. The summed E-state index contributed by atoms with van der Waals surface area (Å²) in [5.41, 5.74) is -0.0356. The van der Waals surface area contributed by atoms with Gasteiger partial charge < -0.3 is 25.5 Å². The molecule has 0 bridgehead atoms. The fourth-order valence-corrected chi connectivity index (χ4v) is 1.28. The second-order valence-electron chi connectivity index (χ2n) is 3.35. The summed E-state index contributed by atoms with van der Waals surface area (Å²) in [6, 6.07) is 3.41. The van der Waals surface area contributed by atoms with Gasteiger partial charge in [0.25, 0.3) is 0 Å². The Morgan fingerprint density at radius 1 is 1.25 bits per heavy atom. The first-order valence-corrected chi connectivity index (χ1v) is 4.51. The number of phenols is 2. The van der Waals surface area contributed by atoms with Crippen molar-refractivity contribution in [3.63, 3.8) is 0 Å². The van der Waals surface area contributed by atoms with Crippen LogP contribution in [0.5, 0.6) is 11.5 Å². The van der Waals surface area contributed by atoms with Crippen molar-refractivity contribution in [2.75, 3.05) is 0 Å².